The summed E-state index contributed by atoms with van der Waals surface area (Å²) < 4.78 is 63.6. The number of amides is 1. The van der Waals surface area contributed by atoms with Crippen LogP contribution in [0.15, 0.2) is 31.4 Å². The second-order valence-electron chi connectivity index (χ2n) is 8.29. The smallest absolute Gasteiger partial charge is 0.416 e. The first-order chi connectivity index (χ1) is 17.1. The second-order valence-corrected chi connectivity index (χ2v) is 9.12. The first-order valence-corrected chi connectivity index (χ1v) is 12.4. The number of aryl methyl sites for hydroxylation is 2. The van der Waals surface area contributed by atoms with Gasteiger partial charge in [0.05, 0.1) is 17.8 Å². The Labute approximate surface area is 217 Å². The fourth-order valence-electron chi connectivity index (χ4n) is 2.60. The first kappa shape index (κ1) is 31.7. The van der Waals surface area contributed by atoms with Crippen LogP contribution in [-0.2, 0) is 28.7 Å². The van der Waals surface area contributed by atoms with E-state index in [0.717, 1.165) is 30.4 Å². The van der Waals surface area contributed by atoms with E-state index in [4.69, 9.17) is 4.42 Å². The Morgan fingerprint density at radius 1 is 1.14 bits per heavy atom. The zero-order valence-corrected chi connectivity index (χ0v) is 23.0. The minimum absolute atomic E-state index is 0.0117. The van der Waals surface area contributed by atoms with E-state index in [-0.39, 0.29) is 35.4 Å². The van der Waals surface area contributed by atoms with Gasteiger partial charge in [0.2, 0.25) is 5.91 Å². The third-order valence-corrected chi connectivity index (χ3v) is 5.51. The summed E-state index contributed by atoms with van der Waals surface area (Å²) in [4.78, 5) is 11.6. The van der Waals surface area contributed by atoms with Gasteiger partial charge in [0.15, 0.2) is 11.7 Å². The number of anilines is 1. The van der Waals surface area contributed by atoms with Gasteiger partial charge in [-0.25, -0.2) is 4.21 Å². The van der Waals surface area contributed by atoms with Crippen LogP contribution in [0.1, 0.15) is 55.4 Å². The van der Waals surface area contributed by atoms with Gasteiger partial charge in [0.1, 0.15) is 17.3 Å². The van der Waals surface area contributed by atoms with Crippen LogP contribution >= 0.6 is 0 Å². The maximum Gasteiger partial charge on any atom is 0.416 e. The number of benzene rings is 1. The van der Waals surface area contributed by atoms with Crippen LogP contribution < -0.4 is 10.6 Å². The van der Waals surface area contributed by atoms with Gasteiger partial charge >= 0.3 is 6.18 Å². The number of alkyl halides is 3. The summed E-state index contributed by atoms with van der Waals surface area (Å²) in [6.45, 7) is 10.9. The lowest BCUT2D eigenvalue weighted by molar-refractivity contribution is -0.138. The molecule has 3 N–H and O–H groups in total. The molecular weight excluding hydrogens is 511 g/mol. The summed E-state index contributed by atoms with van der Waals surface area (Å²) in [5.74, 6) is 1.09. The standard InChI is InChI=1S/C17H17F3N4O3S.C4H9NO.C3H8/c1-8-6-11(27-10(8)3)7-21-15-16(24-28(26)23-15)22-13-5-4-12(17(18,19)20)9(2)14(13)25;1-4(6)5(2)3;1-3-2/h4-6,25H,7H2,1-3H3,(H,21,23)(H,22,24);1-3H3;3H2,1-2H3. The van der Waals surface area contributed by atoms with Gasteiger partial charge in [0, 0.05) is 26.6 Å². The highest BCUT2D eigenvalue weighted by Gasteiger charge is 2.34. The Morgan fingerprint density at radius 2 is 1.68 bits per heavy atom. The van der Waals surface area contributed by atoms with Crippen LogP contribution in [-0.4, -0.2) is 45.9 Å². The van der Waals surface area contributed by atoms with Crippen molar-refractivity contribution in [1.82, 2.24) is 10.2 Å². The van der Waals surface area contributed by atoms with Gasteiger partial charge in [-0.15, -0.1) is 8.80 Å². The van der Waals surface area contributed by atoms with Crippen LogP contribution in [0.4, 0.5) is 18.9 Å². The number of carbonyl (C=O) groups excluding carboxylic acids is 1. The number of rotatable bonds is 3. The van der Waals surface area contributed by atoms with Crippen molar-refractivity contribution in [3.8, 4) is 5.75 Å². The highest BCUT2D eigenvalue weighted by molar-refractivity contribution is 7.83. The Balaban J connectivity index is 0.000000657. The quantitative estimate of drug-likeness (QED) is 0.466. The number of nitrogens with one attached hydrogen (secondary N) is 2. The minimum atomic E-state index is -4.58. The predicted octanol–water partition coefficient (Wildman–Crippen LogP) is 5.03. The van der Waals surface area contributed by atoms with Gasteiger partial charge in [-0.3, -0.25) is 4.79 Å². The molecule has 0 radical (unpaired) electrons. The molecule has 1 atom stereocenters. The lowest BCUT2D eigenvalue weighted by Gasteiger charge is -2.15. The maximum atomic E-state index is 12.9. The number of phenols is 1. The van der Waals surface area contributed by atoms with E-state index < -0.39 is 28.7 Å². The van der Waals surface area contributed by atoms with Crippen LogP contribution in [0.2, 0.25) is 0 Å². The molecular formula is C24H34F3N5O4S. The molecule has 0 saturated carbocycles. The first-order valence-electron chi connectivity index (χ1n) is 11.4. The van der Waals surface area contributed by atoms with Gasteiger partial charge < -0.3 is 25.1 Å². The highest BCUT2D eigenvalue weighted by Crippen LogP contribution is 2.38. The average molecular weight is 546 g/mol. The van der Waals surface area contributed by atoms with Crippen LogP contribution in [0, 0.1) is 20.8 Å². The van der Waals surface area contributed by atoms with Crippen molar-refractivity contribution in [3.63, 3.8) is 0 Å². The molecule has 1 aromatic heterocycles. The number of aromatic hydroxyl groups is 1. The Kier molecular flexibility index (Phi) is 11.8. The summed E-state index contributed by atoms with van der Waals surface area (Å²) >= 11 is -1.89. The summed E-state index contributed by atoms with van der Waals surface area (Å²) in [6, 6.07) is 3.76. The number of halogens is 3. The average Bonchev–Trinajstić information content (AvgIpc) is 3.30. The summed E-state index contributed by atoms with van der Waals surface area (Å²) in [5, 5.41) is 15.7. The zero-order chi connectivity index (χ0) is 28.5. The molecule has 0 bridgehead atoms. The van der Waals surface area contributed by atoms with E-state index in [1.54, 1.807) is 14.1 Å². The van der Waals surface area contributed by atoms with Crippen molar-refractivity contribution in [2.24, 2.45) is 8.80 Å². The number of furan rings is 1. The van der Waals surface area contributed by atoms with E-state index in [1.165, 1.54) is 18.2 Å². The van der Waals surface area contributed by atoms with Crippen molar-refractivity contribution >= 4 is 34.4 Å². The van der Waals surface area contributed by atoms with Crippen molar-refractivity contribution in [3.05, 3.63) is 46.4 Å². The number of nitrogens with zero attached hydrogens (tertiary/aromatic N) is 3. The number of hydrogen-bond acceptors (Lipinski definition) is 6. The van der Waals surface area contributed by atoms with Crippen LogP contribution in [0.5, 0.6) is 5.75 Å². The van der Waals surface area contributed by atoms with Crippen molar-refractivity contribution in [2.75, 3.05) is 19.4 Å². The molecule has 2 aromatic rings. The molecule has 0 aliphatic carbocycles. The zero-order valence-electron chi connectivity index (χ0n) is 22.2. The van der Waals surface area contributed by atoms with E-state index in [1.807, 2.05) is 19.9 Å². The normalized spacial score (nSPS) is 14.4. The third kappa shape index (κ3) is 9.56. The van der Waals surface area contributed by atoms with Crippen LogP contribution in [0.3, 0.4) is 0 Å². The van der Waals surface area contributed by atoms with Gasteiger partial charge in [-0.2, -0.15) is 13.2 Å². The molecule has 2 heterocycles. The SMILES string of the molecule is CC(=O)N(C)C.CCC.Cc1cc(CNC2=NS(=O)N=C2Nc2ccc(C(F)(F)F)c(C)c2O)oc1C. The third-order valence-electron chi connectivity index (χ3n) is 4.83. The predicted molar refractivity (Wildman–Crippen MR) is 140 cm³/mol. The van der Waals surface area contributed by atoms with Crippen LogP contribution in [0.25, 0.3) is 0 Å². The summed E-state index contributed by atoms with van der Waals surface area (Å²) in [5.41, 5.74) is -0.304. The Morgan fingerprint density at radius 3 is 2.14 bits per heavy atom. The van der Waals surface area contributed by atoms with Crippen molar-refractivity contribution in [1.29, 1.82) is 0 Å². The Bertz CT molecular complexity index is 1150. The molecule has 0 spiro atoms. The lowest BCUT2D eigenvalue weighted by atomic mass is 10.1. The molecule has 0 fully saturated rings. The monoisotopic (exact) mass is 545 g/mol. The number of phenolic OH excluding ortho intramolecular Hbond substituents is 1. The fourth-order valence-corrected chi connectivity index (χ4v) is 3.24. The number of amidine groups is 2. The number of hydrogen-bond donors (Lipinski definition) is 3. The van der Waals surface area contributed by atoms with Crippen molar-refractivity contribution < 1.29 is 31.7 Å². The van der Waals surface area contributed by atoms with Gasteiger partial charge in [-0.1, -0.05) is 20.3 Å². The molecule has 3 rings (SSSR count). The molecule has 1 aliphatic heterocycles. The molecule has 13 heteroatoms. The second kappa shape index (κ2) is 13.8. The summed E-state index contributed by atoms with van der Waals surface area (Å²) in [6.07, 6.45) is -3.33. The molecule has 206 valence electrons. The highest BCUT2D eigenvalue weighted by atomic mass is 32.2. The van der Waals surface area contributed by atoms with E-state index in [9.17, 15) is 27.3 Å². The van der Waals surface area contributed by atoms with E-state index >= 15 is 0 Å². The fraction of sp³-hybridized carbons (Fsp3) is 0.458. The molecule has 1 amide bonds. The lowest BCUT2D eigenvalue weighted by Crippen LogP contribution is -2.33. The molecule has 1 unspecified atom stereocenters. The van der Waals surface area contributed by atoms with E-state index in [2.05, 4.69) is 33.3 Å². The maximum absolute atomic E-state index is 12.9. The van der Waals surface area contributed by atoms with Gasteiger partial charge in [-0.05, 0) is 44.5 Å². The van der Waals surface area contributed by atoms with Gasteiger partial charge in [0.25, 0.3) is 11.2 Å². The molecule has 1 aliphatic rings. The Hall–Kier alpha value is -3.35. The minimum Gasteiger partial charge on any atom is -0.505 e. The number of carbonyl (C=O) groups is 1. The molecule has 0 saturated heterocycles. The largest absolute Gasteiger partial charge is 0.505 e. The van der Waals surface area contributed by atoms with Crippen molar-refractivity contribution in [2.45, 2.75) is 60.7 Å². The molecule has 9 nitrogen and oxygen atoms in total. The molecule has 37 heavy (non-hydrogen) atoms. The van der Waals surface area contributed by atoms with E-state index in [0.29, 0.717) is 5.76 Å². The molecule has 1 aromatic carbocycles. The summed E-state index contributed by atoms with van der Waals surface area (Å²) in [7, 11) is 3.45. The topological polar surface area (TPSA) is 120 Å².